The Morgan fingerprint density at radius 3 is 3.10 bits per heavy atom. The molecule has 1 rings (SSSR count). The van der Waals surface area contributed by atoms with E-state index < -0.39 is 0 Å². The van der Waals surface area contributed by atoms with Gasteiger partial charge in [-0.25, -0.2) is 0 Å². The molecule has 1 aromatic heterocycles. The van der Waals surface area contributed by atoms with Crippen LogP contribution in [0, 0.1) is 0 Å². The fourth-order valence-corrected chi connectivity index (χ4v) is 1.81. The smallest absolute Gasteiger partial charge is 0.172 e. The first-order chi connectivity index (χ1) is 4.88. The first-order valence-electron chi connectivity index (χ1n) is 2.79. The van der Waals surface area contributed by atoms with E-state index in [0.717, 1.165) is 28.8 Å². The highest BCUT2D eigenvalue weighted by Gasteiger charge is 2.04. The van der Waals surface area contributed by atoms with Gasteiger partial charge in [0.1, 0.15) is 5.03 Å². The minimum Gasteiger partial charge on any atom is -0.296 e. The van der Waals surface area contributed by atoms with Gasteiger partial charge in [-0.15, -0.1) is 11.8 Å². The molecule has 3 nitrogen and oxygen atoms in total. The normalized spacial score (nSPS) is 9.70. The maximum Gasteiger partial charge on any atom is 0.172 e. The molecular weight excluding hydrogens is 168 g/mol. The van der Waals surface area contributed by atoms with Crippen molar-refractivity contribution < 1.29 is 4.79 Å². The third-order valence-corrected chi connectivity index (χ3v) is 2.40. The van der Waals surface area contributed by atoms with Crippen molar-refractivity contribution in [2.24, 2.45) is 0 Å². The molecule has 0 N–H and O–H groups in total. The van der Waals surface area contributed by atoms with Gasteiger partial charge in [0.25, 0.3) is 0 Å². The maximum absolute atomic E-state index is 10.3. The average molecular weight is 174 g/mol. The number of hydrogen-bond donors (Lipinski definition) is 0. The van der Waals surface area contributed by atoms with Crippen LogP contribution < -0.4 is 0 Å². The molecule has 0 aliphatic carbocycles. The third kappa shape index (κ3) is 1.54. The van der Waals surface area contributed by atoms with E-state index in [2.05, 4.69) is 8.75 Å². The number of aromatic nitrogens is 2. The molecule has 0 atom stereocenters. The van der Waals surface area contributed by atoms with Gasteiger partial charge in [-0.2, -0.15) is 8.75 Å². The van der Waals surface area contributed by atoms with Crippen LogP contribution in [-0.2, 0) is 0 Å². The van der Waals surface area contributed by atoms with Crippen molar-refractivity contribution in [2.75, 3.05) is 5.75 Å². The summed E-state index contributed by atoms with van der Waals surface area (Å²) in [6.07, 6.45) is 0.738. The summed E-state index contributed by atoms with van der Waals surface area (Å²) in [6.45, 7) is 2.01. The van der Waals surface area contributed by atoms with Crippen molar-refractivity contribution >= 4 is 29.8 Å². The van der Waals surface area contributed by atoms with Gasteiger partial charge in [0.15, 0.2) is 12.0 Å². The van der Waals surface area contributed by atoms with Crippen LogP contribution in [0.2, 0.25) is 0 Å². The van der Waals surface area contributed by atoms with Crippen molar-refractivity contribution in [3.63, 3.8) is 0 Å². The van der Waals surface area contributed by atoms with Crippen molar-refractivity contribution in [1.82, 2.24) is 8.75 Å². The summed E-state index contributed by atoms with van der Waals surface area (Å²) in [5.74, 6) is 0.923. The maximum atomic E-state index is 10.3. The highest BCUT2D eigenvalue weighted by molar-refractivity contribution is 7.99. The number of aldehydes is 1. The third-order valence-electron chi connectivity index (χ3n) is 0.875. The molecule has 1 aromatic rings. The van der Waals surface area contributed by atoms with Crippen molar-refractivity contribution in [3.8, 4) is 0 Å². The molecule has 5 heteroatoms. The molecule has 0 radical (unpaired) electrons. The van der Waals surface area contributed by atoms with E-state index in [1.165, 1.54) is 11.8 Å². The van der Waals surface area contributed by atoms with Gasteiger partial charge in [0.05, 0.1) is 11.7 Å². The van der Waals surface area contributed by atoms with Gasteiger partial charge in [-0.1, -0.05) is 6.92 Å². The van der Waals surface area contributed by atoms with Crippen molar-refractivity contribution in [1.29, 1.82) is 0 Å². The predicted molar refractivity (Wildman–Crippen MR) is 41.7 cm³/mol. The topological polar surface area (TPSA) is 42.9 Å². The molecular formula is C5H6N2OS2. The second-order valence-corrected chi connectivity index (χ2v) is 3.29. The Morgan fingerprint density at radius 1 is 1.70 bits per heavy atom. The summed E-state index contributed by atoms with van der Waals surface area (Å²) >= 11 is 2.62. The highest BCUT2D eigenvalue weighted by Crippen LogP contribution is 2.17. The van der Waals surface area contributed by atoms with Gasteiger partial charge in [-0.3, -0.25) is 4.79 Å². The van der Waals surface area contributed by atoms with Gasteiger partial charge >= 0.3 is 0 Å². The second kappa shape index (κ2) is 3.68. The van der Waals surface area contributed by atoms with Gasteiger partial charge in [-0.05, 0) is 5.75 Å². The van der Waals surface area contributed by atoms with E-state index in [1.54, 1.807) is 0 Å². The molecule has 0 aliphatic heterocycles. The SMILES string of the molecule is CCSc1nsnc1C=O. The van der Waals surface area contributed by atoms with Crippen LogP contribution in [0.5, 0.6) is 0 Å². The second-order valence-electron chi connectivity index (χ2n) is 1.51. The minimum absolute atomic E-state index is 0.469. The largest absolute Gasteiger partial charge is 0.296 e. The molecule has 0 fully saturated rings. The number of rotatable bonds is 3. The number of hydrogen-bond acceptors (Lipinski definition) is 5. The molecule has 0 saturated carbocycles. The minimum atomic E-state index is 0.469. The van der Waals surface area contributed by atoms with Crippen LogP contribution in [0.1, 0.15) is 17.4 Å². The van der Waals surface area contributed by atoms with E-state index in [-0.39, 0.29) is 0 Å². The van der Waals surface area contributed by atoms with Crippen LogP contribution in [0.15, 0.2) is 5.03 Å². The summed E-state index contributed by atoms with van der Waals surface area (Å²) in [4.78, 5) is 10.3. The van der Waals surface area contributed by atoms with Crippen LogP contribution in [0.3, 0.4) is 0 Å². The summed E-state index contributed by atoms with van der Waals surface area (Å²) in [5.41, 5.74) is 0.469. The Labute approximate surface area is 67.2 Å². The fraction of sp³-hybridized carbons (Fsp3) is 0.400. The van der Waals surface area contributed by atoms with Gasteiger partial charge < -0.3 is 0 Å². The van der Waals surface area contributed by atoms with Crippen molar-refractivity contribution in [2.45, 2.75) is 11.9 Å². The zero-order valence-electron chi connectivity index (χ0n) is 5.40. The molecule has 0 unspecified atom stereocenters. The van der Waals surface area contributed by atoms with Crippen LogP contribution in [0.25, 0.3) is 0 Å². The number of carbonyl (C=O) groups is 1. The Kier molecular flexibility index (Phi) is 2.82. The average Bonchev–Trinajstić information content (AvgIpc) is 2.36. The Morgan fingerprint density at radius 2 is 2.50 bits per heavy atom. The monoisotopic (exact) mass is 174 g/mol. The first kappa shape index (κ1) is 7.68. The molecule has 1 heterocycles. The van der Waals surface area contributed by atoms with E-state index in [9.17, 15) is 4.79 Å². The number of nitrogens with zero attached hydrogens (tertiary/aromatic N) is 2. The summed E-state index contributed by atoms with van der Waals surface area (Å²) in [6, 6.07) is 0. The molecule has 0 saturated heterocycles. The van der Waals surface area contributed by atoms with Gasteiger partial charge in [0, 0.05) is 0 Å². The molecule has 0 bridgehead atoms. The summed E-state index contributed by atoms with van der Waals surface area (Å²) in [5, 5.41) is 0.752. The highest BCUT2D eigenvalue weighted by atomic mass is 32.2. The van der Waals surface area contributed by atoms with Crippen LogP contribution >= 0.6 is 23.5 Å². The molecule has 54 valence electrons. The zero-order valence-corrected chi connectivity index (χ0v) is 7.04. The lowest BCUT2D eigenvalue weighted by atomic mass is 10.5. The van der Waals surface area contributed by atoms with Crippen LogP contribution in [0.4, 0.5) is 0 Å². The Hall–Kier alpha value is -0.420. The number of thioether (sulfide) groups is 1. The quantitative estimate of drug-likeness (QED) is 0.514. The summed E-state index contributed by atoms with van der Waals surface area (Å²) in [7, 11) is 0. The standard InChI is InChI=1S/C5H6N2OS2/c1-2-9-5-4(3-8)6-10-7-5/h3H,2H2,1H3. The zero-order chi connectivity index (χ0) is 7.40. The molecule has 0 amide bonds. The molecule has 0 spiro atoms. The Balaban J connectivity index is 2.79. The molecule has 10 heavy (non-hydrogen) atoms. The number of carbonyl (C=O) groups excluding carboxylic acids is 1. The lowest BCUT2D eigenvalue weighted by Crippen LogP contribution is -1.82. The van der Waals surface area contributed by atoms with Gasteiger partial charge in [0.2, 0.25) is 0 Å². The van der Waals surface area contributed by atoms with E-state index in [1.807, 2.05) is 6.92 Å². The molecule has 0 aromatic carbocycles. The molecule has 0 aliphatic rings. The lowest BCUT2D eigenvalue weighted by Gasteiger charge is -1.87. The predicted octanol–water partition coefficient (Wildman–Crippen LogP) is 1.46. The Bertz CT molecular complexity index is 223. The van der Waals surface area contributed by atoms with E-state index >= 15 is 0 Å². The van der Waals surface area contributed by atoms with Crippen molar-refractivity contribution in [3.05, 3.63) is 5.69 Å². The van der Waals surface area contributed by atoms with E-state index in [4.69, 9.17) is 0 Å². The fourth-order valence-electron chi connectivity index (χ4n) is 0.496. The summed E-state index contributed by atoms with van der Waals surface area (Å²) < 4.78 is 7.73. The first-order valence-corrected chi connectivity index (χ1v) is 4.50. The lowest BCUT2D eigenvalue weighted by molar-refractivity contribution is 0.111. The van der Waals surface area contributed by atoms with E-state index in [0.29, 0.717) is 5.69 Å². The van der Waals surface area contributed by atoms with Crippen LogP contribution in [-0.4, -0.2) is 20.8 Å².